The molecule has 1 aromatic rings. The lowest BCUT2D eigenvalue weighted by molar-refractivity contribution is -0.146. The molecule has 0 unspecified atom stereocenters. The highest BCUT2D eigenvalue weighted by molar-refractivity contribution is 7.14. The third-order valence-corrected chi connectivity index (χ3v) is 5.08. The summed E-state index contributed by atoms with van der Waals surface area (Å²) in [5, 5.41) is 2.63. The van der Waals surface area contributed by atoms with Crippen molar-refractivity contribution in [1.29, 1.82) is 0 Å². The van der Waals surface area contributed by atoms with Crippen molar-refractivity contribution >= 4 is 35.0 Å². The minimum absolute atomic E-state index is 0.309. The van der Waals surface area contributed by atoms with Gasteiger partial charge in [0.1, 0.15) is 12.1 Å². The number of esters is 1. The molecule has 1 aliphatic rings. The lowest BCUT2D eigenvalue weighted by Crippen LogP contribution is -2.44. The molecule has 2 rings (SSSR count). The second kappa shape index (κ2) is 7.77. The Morgan fingerprint density at radius 3 is 2.64 bits per heavy atom. The van der Waals surface area contributed by atoms with Crippen molar-refractivity contribution < 1.29 is 23.9 Å². The number of nitrogens with zero attached hydrogens (tertiary/aromatic N) is 1. The zero-order valence-electron chi connectivity index (χ0n) is 14.6. The summed E-state index contributed by atoms with van der Waals surface area (Å²) >= 11 is 1.32. The average Bonchev–Trinajstić information content (AvgIpc) is 3.08. The molecule has 1 fully saturated rings. The van der Waals surface area contributed by atoms with Gasteiger partial charge in [0.2, 0.25) is 5.78 Å². The molecule has 136 valence electrons. The van der Waals surface area contributed by atoms with Crippen LogP contribution in [0.2, 0.25) is 0 Å². The predicted octanol–water partition coefficient (Wildman–Crippen LogP) is 2.28. The molecule has 0 spiro atoms. The maximum absolute atomic E-state index is 12.4. The van der Waals surface area contributed by atoms with Gasteiger partial charge in [-0.05, 0) is 32.4 Å². The maximum Gasteiger partial charge on any atom is 0.326 e. The molecule has 7 nitrogen and oxygen atoms in total. The number of ketones is 1. The van der Waals surface area contributed by atoms with Gasteiger partial charge >= 0.3 is 12.0 Å². The maximum atomic E-state index is 12.4. The number of Topliss-reactive ketones (excluding diaryl/α,β-unsaturated/α-hetero) is 1. The minimum atomic E-state index is -0.988. The zero-order chi connectivity index (χ0) is 18.6. The highest BCUT2D eigenvalue weighted by atomic mass is 32.1. The lowest BCUT2D eigenvalue weighted by Gasteiger charge is -2.20. The van der Waals surface area contributed by atoms with Crippen molar-refractivity contribution in [3.05, 3.63) is 21.9 Å². The summed E-state index contributed by atoms with van der Waals surface area (Å²) in [5.41, 5.74) is -0.988. The van der Waals surface area contributed by atoms with E-state index in [4.69, 9.17) is 4.74 Å². The Balaban J connectivity index is 1.88. The van der Waals surface area contributed by atoms with Crippen LogP contribution in [0.5, 0.6) is 0 Å². The van der Waals surface area contributed by atoms with E-state index in [9.17, 15) is 19.2 Å². The summed E-state index contributed by atoms with van der Waals surface area (Å²) in [6, 6.07) is 2.87. The van der Waals surface area contributed by atoms with Crippen LogP contribution in [0.1, 0.15) is 47.7 Å². The molecule has 0 bridgehead atoms. The van der Waals surface area contributed by atoms with Crippen LogP contribution in [0.25, 0.3) is 0 Å². The van der Waals surface area contributed by atoms with Crippen molar-refractivity contribution in [2.45, 2.75) is 45.6 Å². The van der Waals surface area contributed by atoms with Gasteiger partial charge in [0.05, 0.1) is 4.88 Å². The van der Waals surface area contributed by atoms with Crippen LogP contribution in [-0.2, 0) is 14.3 Å². The van der Waals surface area contributed by atoms with Crippen LogP contribution in [-0.4, -0.2) is 47.3 Å². The highest BCUT2D eigenvalue weighted by Gasteiger charge is 2.47. The molecule has 3 amide bonds. The Hall–Kier alpha value is -2.22. The number of rotatable bonds is 8. The van der Waals surface area contributed by atoms with Gasteiger partial charge in [0, 0.05) is 4.88 Å². The number of hydrogen-bond acceptors (Lipinski definition) is 6. The first-order valence-electron chi connectivity index (χ1n) is 8.16. The van der Waals surface area contributed by atoms with Gasteiger partial charge in [0.25, 0.3) is 5.91 Å². The molecular weight excluding hydrogens is 344 g/mol. The van der Waals surface area contributed by atoms with Gasteiger partial charge in [-0.15, -0.1) is 11.3 Å². The standard InChI is InChI=1S/C17H22N2O5S/c1-4-5-8-17(3)15(22)19(16(23)18-17)9-14(21)24-10-12(20)13-7-6-11(2)25-13/h6-7H,4-5,8-10H2,1-3H3,(H,18,23)/t17-/m0/s1. The van der Waals surface area contributed by atoms with Crippen LogP contribution in [0.3, 0.4) is 0 Å². The van der Waals surface area contributed by atoms with E-state index >= 15 is 0 Å². The Bertz CT molecular complexity index is 699. The fourth-order valence-electron chi connectivity index (χ4n) is 2.57. The number of carbonyl (C=O) groups excluding carboxylic acids is 4. The molecular formula is C17H22N2O5S. The number of hydrogen-bond donors (Lipinski definition) is 1. The number of amides is 3. The largest absolute Gasteiger partial charge is 0.456 e. The zero-order valence-corrected chi connectivity index (χ0v) is 15.4. The summed E-state index contributed by atoms with van der Waals surface area (Å²) in [6.07, 6.45) is 2.19. The van der Waals surface area contributed by atoms with Gasteiger partial charge in [-0.25, -0.2) is 4.79 Å². The van der Waals surface area contributed by atoms with Gasteiger partial charge in [-0.2, -0.15) is 0 Å². The number of unbranched alkanes of at least 4 members (excludes halogenated alkanes) is 1. The molecule has 0 saturated carbocycles. The van der Waals surface area contributed by atoms with Crippen LogP contribution in [0.15, 0.2) is 12.1 Å². The van der Waals surface area contributed by atoms with Crippen LogP contribution < -0.4 is 5.32 Å². The molecule has 2 heterocycles. The van der Waals surface area contributed by atoms with Gasteiger partial charge in [0.15, 0.2) is 6.61 Å². The van der Waals surface area contributed by atoms with Gasteiger partial charge in [-0.1, -0.05) is 19.8 Å². The number of ether oxygens (including phenoxy) is 1. The molecule has 1 N–H and O–H groups in total. The third kappa shape index (κ3) is 4.45. The molecule has 25 heavy (non-hydrogen) atoms. The predicted molar refractivity (Wildman–Crippen MR) is 92.5 cm³/mol. The Morgan fingerprint density at radius 1 is 1.32 bits per heavy atom. The molecule has 8 heteroatoms. The number of carbonyl (C=O) groups is 4. The molecule has 1 aromatic heterocycles. The summed E-state index contributed by atoms with van der Waals surface area (Å²) in [5.74, 6) is -1.54. The molecule has 1 saturated heterocycles. The van der Waals surface area contributed by atoms with E-state index in [0.717, 1.165) is 22.6 Å². The molecule has 1 atom stereocenters. The number of urea groups is 1. The minimum Gasteiger partial charge on any atom is -0.456 e. The van der Waals surface area contributed by atoms with Crippen LogP contribution in [0.4, 0.5) is 4.79 Å². The normalized spacial score (nSPS) is 19.9. The van der Waals surface area contributed by atoms with E-state index < -0.39 is 36.6 Å². The third-order valence-electron chi connectivity index (χ3n) is 4.04. The number of thiophene rings is 1. The van der Waals surface area contributed by atoms with Crippen molar-refractivity contribution in [3.63, 3.8) is 0 Å². The highest BCUT2D eigenvalue weighted by Crippen LogP contribution is 2.23. The van der Waals surface area contributed by atoms with Crippen LogP contribution in [0, 0.1) is 6.92 Å². The smallest absolute Gasteiger partial charge is 0.326 e. The number of nitrogens with one attached hydrogen (secondary N) is 1. The molecule has 1 aliphatic heterocycles. The Labute approximate surface area is 150 Å². The monoisotopic (exact) mass is 366 g/mol. The lowest BCUT2D eigenvalue weighted by atomic mass is 9.95. The van der Waals surface area contributed by atoms with E-state index in [-0.39, 0.29) is 5.78 Å². The first-order chi connectivity index (χ1) is 11.8. The number of aryl methyl sites for hydroxylation is 1. The summed E-state index contributed by atoms with van der Waals surface area (Å²) in [7, 11) is 0. The SMILES string of the molecule is CCCC[C@]1(C)NC(=O)N(CC(=O)OCC(=O)c2ccc(C)s2)C1=O. The molecule has 0 aliphatic carbocycles. The second-order valence-electron chi connectivity index (χ2n) is 6.25. The van der Waals surface area contributed by atoms with E-state index in [0.29, 0.717) is 11.3 Å². The van der Waals surface area contributed by atoms with Crippen LogP contribution >= 0.6 is 11.3 Å². The summed E-state index contributed by atoms with van der Waals surface area (Å²) < 4.78 is 4.92. The van der Waals surface area contributed by atoms with E-state index in [1.54, 1.807) is 13.0 Å². The van der Waals surface area contributed by atoms with E-state index in [2.05, 4.69) is 5.32 Å². The first kappa shape index (κ1) is 19.1. The Morgan fingerprint density at radius 2 is 2.04 bits per heavy atom. The molecule has 0 radical (unpaired) electrons. The first-order valence-corrected chi connectivity index (χ1v) is 8.98. The summed E-state index contributed by atoms with van der Waals surface area (Å²) in [6.45, 7) is 4.61. The van der Waals surface area contributed by atoms with E-state index in [1.807, 2.05) is 19.9 Å². The van der Waals surface area contributed by atoms with E-state index in [1.165, 1.54) is 11.3 Å². The van der Waals surface area contributed by atoms with Crippen molar-refractivity contribution in [2.24, 2.45) is 0 Å². The average molecular weight is 366 g/mol. The Kier molecular flexibility index (Phi) is 5.94. The number of imide groups is 1. The van der Waals surface area contributed by atoms with Gasteiger partial charge in [-0.3, -0.25) is 19.3 Å². The second-order valence-corrected chi connectivity index (χ2v) is 7.54. The van der Waals surface area contributed by atoms with Crippen molar-refractivity contribution in [1.82, 2.24) is 10.2 Å². The fraction of sp³-hybridized carbons (Fsp3) is 0.529. The summed E-state index contributed by atoms with van der Waals surface area (Å²) in [4.78, 5) is 50.6. The quantitative estimate of drug-likeness (QED) is 0.433. The molecule has 0 aromatic carbocycles. The van der Waals surface area contributed by atoms with Crippen molar-refractivity contribution in [3.8, 4) is 0 Å². The van der Waals surface area contributed by atoms with Gasteiger partial charge < -0.3 is 10.1 Å². The van der Waals surface area contributed by atoms with Crippen molar-refractivity contribution in [2.75, 3.05) is 13.2 Å². The topological polar surface area (TPSA) is 92.8 Å². The fourth-order valence-corrected chi connectivity index (χ4v) is 3.36.